The van der Waals surface area contributed by atoms with Crippen molar-refractivity contribution >= 4 is 63.8 Å². The van der Waals surface area contributed by atoms with Crippen molar-refractivity contribution in [1.29, 1.82) is 0 Å². The quantitative estimate of drug-likeness (QED) is 0.209. The summed E-state index contributed by atoms with van der Waals surface area (Å²) in [6.45, 7) is 1.62. The summed E-state index contributed by atoms with van der Waals surface area (Å²) in [5.41, 5.74) is 0.544. The molecule has 0 saturated carbocycles. The van der Waals surface area contributed by atoms with E-state index in [4.69, 9.17) is 9.47 Å². The van der Waals surface area contributed by atoms with Crippen LogP contribution in [0.4, 0.5) is 25.0 Å². The first kappa shape index (κ1) is 27.7. The zero-order valence-corrected chi connectivity index (χ0v) is 22.5. The highest BCUT2D eigenvalue weighted by atomic mass is 127. The Bertz CT molecular complexity index is 1480. The molecular formula is C27H20F2IN3O6. The number of nitrogens with zero attached hydrogens (tertiary/aromatic N) is 1. The molecule has 0 atom stereocenters. The number of hydrogen-bond donors (Lipinski definition) is 2. The van der Waals surface area contributed by atoms with E-state index in [1.807, 2.05) is 22.6 Å². The second-order valence-corrected chi connectivity index (χ2v) is 9.20. The monoisotopic (exact) mass is 647 g/mol. The lowest BCUT2D eigenvalue weighted by molar-refractivity contribution is -0.122. The van der Waals surface area contributed by atoms with Gasteiger partial charge in [-0.15, -0.1) is 0 Å². The number of benzene rings is 3. The largest absolute Gasteiger partial charge is 0.490 e. The van der Waals surface area contributed by atoms with Gasteiger partial charge in [-0.05, 0) is 102 Å². The van der Waals surface area contributed by atoms with E-state index in [-0.39, 0.29) is 36.0 Å². The van der Waals surface area contributed by atoms with Crippen LogP contribution in [0.5, 0.6) is 11.5 Å². The summed E-state index contributed by atoms with van der Waals surface area (Å²) in [5, 5.41) is 4.70. The Hall–Kier alpha value is -4.33. The minimum Gasteiger partial charge on any atom is -0.490 e. The molecule has 1 aliphatic rings. The van der Waals surface area contributed by atoms with E-state index >= 15 is 0 Å². The predicted molar refractivity (Wildman–Crippen MR) is 146 cm³/mol. The molecule has 200 valence electrons. The molecule has 12 heteroatoms. The fraction of sp³-hybridized carbons (Fsp3) is 0.111. The predicted octanol–water partition coefficient (Wildman–Crippen LogP) is 4.65. The molecule has 2 N–H and O–H groups in total. The van der Waals surface area contributed by atoms with Crippen LogP contribution < -0.4 is 25.0 Å². The Morgan fingerprint density at radius 1 is 1.00 bits per heavy atom. The highest BCUT2D eigenvalue weighted by Crippen LogP contribution is 2.35. The normalized spacial score (nSPS) is 14.3. The first-order valence-corrected chi connectivity index (χ1v) is 12.6. The molecular weight excluding hydrogens is 627 g/mol. The average molecular weight is 647 g/mol. The molecule has 1 aliphatic heterocycles. The topological polar surface area (TPSA) is 114 Å². The van der Waals surface area contributed by atoms with Gasteiger partial charge in [-0.2, -0.15) is 0 Å². The van der Waals surface area contributed by atoms with Gasteiger partial charge in [0.2, 0.25) is 0 Å². The van der Waals surface area contributed by atoms with Crippen molar-refractivity contribution in [2.75, 3.05) is 23.4 Å². The Morgan fingerprint density at radius 3 is 2.28 bits per heavy atom. The van der Waals surface area contributed by atoms with E-state index in [9.17, 15) is 28.0 Å². The van der Waals surface area contributed by atoms with Crippen LogP contribution in [-0.4, -0.2) is 37.0 Å². The Balaban J connectivity index is 1.57. The van der Waals surface area contributed by atoms with Crippen molar-refractivity contribution < 1.29 is 37.4 Å². The number of halogens is 3. The van der Waals surface area contributed by atoms with E-state index in [1.54, 1.807) is 13.0 Å². The van der Waals surface area contributed by atoms with Gasteiger partial charge in [0.15, 0.2) is 18.1 Å². The minimum absolute atomic E-state index is 0.0875. The van der Waals surface area contributed by atoms with E-state index < -0.39 is 35.4 Å². The molecule has 1 heterocycles. The fourth-order valence-corrected chi connectivity index (χ4v) is 4.37. The maximum Gasteiger partial charge on any atom is 0.335 e. The molecule has 4 rings (SSSR count). The third-order valence-corrected chi connectivity index (χ3v) is 6.11. The summed E-state index contributed by atoms with van der Waals surface area (Å²) in [4.78, 5) is 51.1. The third-order valence-electron chi connectivity index (χ3n) is 5.30. The molecule has 1 saturated heterocycles. The number of amides is 5. The number of imide groups is 2. The number of hydrogen-bond acceptors (Lipinski definition) is 6. The molecule has 3 aromatic rings. The lowest BCUT2D eigenvalue weighted by Crippen LogP contribution is -2.54. The summed E-state index contributed by atoms with van der Waals surface area (Å²) >= 11 is 1.96. The van der Waals surface area contributed by atoms with Crippen LogP contribution >= 0.6 is 22.6 Å². The second-order valence-electron chi connectivity index (χ2n) is 8.04. The SMILES string of the molecule is CCOc1cc(/C=C2\C(=O)NC(=O)N(c3ccc(F)cc3)C2=O)cc(I)c1OCC(=O)Nc1ccc(F)cc1. The molecule has 3 aromatic carbocycles. The van der Waals surface area contributed by atoms with Crippen LogP contribution in [0, 0.1) is 15.2 Å². The van der Waals surface area contributed by atoms with Crippen molar-refractivity contribution in [1.82, 2.24) is 5.32 Å². The Morgan fingerprint density at radius 2 is 1.64 bits per heavy atom. The number of urea groups is 1. The summed E-state index contributed by atoms with van der Waals surface area (Å²) in [6.07, 6.45) is 1.29. The van der Waals surface area contributed by atoms with Crippen molar-refractivity contribution in [3.63, 3.8) is 0 Å². The Labute approximate surface area is 234 Å². The number of barbiturate groups is 1. The maximum atomic E-state index is 13.3. The summed E-state index contributed by atoms with van der Waals surface area (Å²) < 4.78 is 38.3. The second kappa shape index (κ2) is 12.0. The average Bonchev–Trinajstić information content (AvgIpc) is 2.88. The number of ether oxygens (including phenoxy) is 2. The van der Waals surface area contributed by atoms with Crippen LogP contribution in [-0.2, 0) is 14.4 Å². The third kappa shape index (κ3) is 6.57. The van der Waals surface area contributed by atoms with Gasteiger partial charge in [-0.3, -0.25) is 19.7 Å². The fourth-order valence-electron chi connectivity index (χ4n) is 3.59. The molecule has 5 amide bonds. The zero-order chi connectivity index (χ0) is 28.1. The van der Waals surface area contributed by atoms with Crippen molar-refractivity contribution in [3.05, 3.63) is 87.0 Å². The summed E-state index contributed by atoms with van der Waals surface area (Å²) in [6, 6.07) is 12.1. The van der Waals surface area contributed by atoms with Gasteiger partial charge in [-0.25, -0.2) is 18.5 Å². The van der Waals surface area contributed by atoms with E-state index in [2.05, 4.69) is 10.6 Å². The molecule has 0 spiro atoms. The minimum atomic E-state index is -0.957. The molecule has 0 unspecified atom stereocenters. The smallest absolute Gasteiger partial charge is 0.335 e. The highest BCUT2D eigenvalue weighted by Gasteiger charge is 2.37. The molecule has 0 aromatic heterocycles. The lowest BCUT2D eigenvalue weighted by Gasteiger charge is -2.26. The van der Waals surface area contributed by atoms with Gasteiger partial charge >= 0.3 is 6.03 Å². The summed E-state index contributed by atoms with van der Waals surface area (Å²) in [7, 11) is 0. The first-order valence-electron chi connectivity index (χ1n) is 11.5. The number of anilines is 2. The van der Waals surface area contributed by atoms with Crippen molar-refractivity contribution in [3.8, 4) is 11.5 Å². The standard InChI is InChI=1S/C27H20F2IN3O6/c1-2-38-22-13-15(12-21(30)24(22)39-14-23(34)31-18-7-3-16(28)4-8-18)11-20-25(35)32-27(37)33(26(20)36)19-9-5-17(29)6-10-19/h3-13H,2,14H2,1H3,(H,31,34)(H,32,35,37)/b20-11+. The van der Waals surface area contributed by atoms with Gasteiger partial charge in [-0.1, -0.05) is 0 Å². The van der Waals surface area contributed by atoms with Gasteiger partial charge in [0.05, 0.1) is 15.9 Å². The molecule has 9 nitrogen and oxygen atoms in total. The van der Waals surface area contributed by atoms with E-state index in [1.165, 1.54) is 48.5 Å². The van der Waals surface area contributed by atoms with E-state index in [0.717, 1.165) is 17.0 Å². The number of rotatable bonds is 8. The highest BCUT2D eigenvalue weighted by molar-refractivity contribution is 14.1. The van der Waals surface area contributed by atoms with Gasteiger partial charge in [0, 0.05) is 5.69 Å². The van der Waals surface area contributed by atoms with Crippen LogP contribution in [0.3, 0.4) is 0 Å². The molecule has 1 fully saturated rings. The van der Waals surface area contributed by atoms with Gasteiger partial charge < -0.3 is 14.8 Å². The first-order chi connectivity index (χ1) is 18.7. The van der Waals surface area contributed by atoms with Crippen molar-refractivity contribution in [2.24, 2.45) is 0 Å². The van der Waals surface area contributed by atoms with Crippen LogP contribution in [0.15, 0.2) is 66.2 Å². The molecule has 0 aliphatic carbocycles. The van der Waals surface area contributed by atoms with Gasteiger partial charge in [0.25, 0.3) is 17.7 Å². The lowest BCUT2D eigenvalue weighted by atomic mass is 10.1. The van der Waals surface area contributed by atoms with Crippen LogP contribution in [0.1, 0.15) is 12.5 Å². The molecule has 0 radical (unpaired) electrons. The van der Waals surface area contributed by atoms with Crippen LogP contribution in [0.25, 0.3) is 6.08 Å². The van der Waals surface area contributed by atoms with E-state index in [0.29, 0.717) is 14.8 Å². The zero-order valence-electron chi connectivity index (χ0n) is 20.3. The van der Waals surface area contributed by atoms with Gasteiger partial charge in [0.1, 0.15) is 17.2 Å². The Kier molecular flexibility index (Phi) is 8.54. The van der Waals surface area contributed by atoms with Crippen molar-refractivity contribution in [2.45, 2.75) is 6.92 Å². The number of carbonyl (C=O) groups excluding carboxylic acids is 4. The maximum absolute atomic E-state index is 13.3. The molecule has 39 heavy (non-hydrogen) atoms. The summed E-state index contributed by atoms with van der Waals surface area (Å²) in [5.74, 6) is -2.74. The molecule has 0 bridgehead atoms. The number of nitrogens with one attached hydrogen (secondary N) is 2. The number of carbonyl (C=O) groups is 4. The van der Waals surface area contributed by atoms with Crippen LogP contribution in [0.2, 0.25) is 0 Å².